The van der Waals surface area contributed by atoms with Gasteiger partial charge < -0.3 is 0 Å². The number of nitrogens with zero attached hydrogens (tertiary/aromatic N) is 1. The van der Waals surface area contributed by atoms with E-state index in [4.69, 9.17) is 5.26 Å². The molecule has 0 N–H and O–H groups in total. The molecule has 1 rings (SSSR count). The topological polar surface area (TPSA) is 23.8 Å². The lowest BCUT2D eigenvalue weighted by molar-refractivity contribution is 1.50. The molecule has 0 fully saturated rings. The third kappa shape index (κ3) is 1.05. The van der Waals surface area contributed by atoms with Gasteiger partial charge in [0.15, 0.2) is 0 Å². The molecule has 0 radical (unpaired) electrons. The van der Waals surface area contributed by atoms with Gasteiger partial charge in [0.05, 0.1) is 11.6 Å². The summed E-state index contributed by atoms with van der Waals surface area (Å²) >= 11 is 0. The zero-order valence-electron chi connectivity index (χ0n) is 4.20. The molecule has 0 saturated heterocycles. The van der Waals surface area contributed by atoms with Gasteiger partial charge in [-0.15, -0.1) is 0 Å². The zero-order valence-corrected chi connectivity index (χ0v) is 5.10. The zero-order chi connectivity index (χ0) is 5.82. The van der Waals surface area contributed by atoms with Crippen LogP contribution in [0.4, 0.5) is 0 Å². The fourth-order valence-electron chi connectivity index (χ4n) is 0.426. The first-order valence-corrected chi connectivity index (χ1v) is 3.27. The molecule has 0 spiro atoms. The Labute approximate surface area is 49.7 Å². The number of hydrogen-bond donors (Lipinski definition) is 0. The van der Waals surface area contributed by atoms with Crippen molar-refractivity contribution in [1.82, 2.24) is 0 Å². The summed E-state index contributed by atoms with van der Waals surface area (Å²) in [6.07, 6.45) is 0. The van der Waals surface area contributed by atoms with Crippen LogP contribution in [0.2, 0.25) is 0 Å². The van der Waals surface area contributed by atoms with Gasteiger partial charge in [0.2, 0.25) is 0 Å². The largest absolute Gasteiger partial charge is 0.192 e. The lowest BCUT2D eigenvalue weighted by Gasteiger charge is -1.79. The fourth-order valence-corrected chi connectivity index (χ4v) is 1.02. The lowest BCUT2D eigenvalue weighted by atomic mass is 10.3. The monoisotopic (exact) mass is 121 g/mol. The predicted octanol–water partition coefficient (Wildman–Crippen LogP) is 2.14. The Morgan fingerprint density at radius 2 is 2.00 bits per heavy atom. The van der Waals surface area contributed by atoms with Gasteiger partial charge >= 0.3 is 0 Å². The molecular weight excluding hydrogens is 117 g/mol. The van der Waals surface area contributed by atoms with E-state index in [1.807, 2.05) is 29.8 Å². The number of nitriles is 1. The molecule has 0 atom stereocenters. The van der Waals surface area contributed by atoms with E-state index < -0.39 is 0 Å². The van der Waals surface area contributed by atoms with Gasteiger partial charge in [0.1, 0.15) is 0 Å². The second kappa shape index (κ2) is 2.45. The SMILES string of the molecule is N#Cc1ccpcc1. The second-order valence-corrected chi connectivity index (χ2v) is 2.24. The van der Waals surface area contributed by atoms with Gasteiger partial charge in [-0.3, -0.25) is 0 Å². The molecule has 0 aliphatic rings. The lowest BCUT2D eigenvalue weighted by Crippen LogP contribution is -1.63. The molecule has 0 amide bonds. The van der Waals surface area contributed by atoms with Crippen LogP contribution in [0.3, 0.4) is 0 Å². The van der Waals surface area contributed by atoms with Crippen LogP contribution >= 0.6 is 8.19 Å². The number of rotatable bonds is 0. The van der Waals surface area contributed by atoms with Crippen molar-refractivity contribution in [1.29, 1.82) is 5.26 Å². The highest BCUT2D eigenvalue weighted by atomic mass is 31.0. The van der Waals surface area contributed by atoms with Crippen LogP contribution in [0, 0.1) is 11.3 Å². The molecule has 0 aliphatic heterocycles. The number of hydrogen-bond acceptors (Lipinski definition) is 1. The molecule has 1 heterocycles. The van der Waals surface area contributed by atoms with Crippen molar-refractivity contribution >= 4 is 8.19 Å². The predicted molar refractivity (Wildman–Crippen MR) is 33.7 cm³/mol. The summed E-state index contributed by atoms with van der Waals surface area (Å²) in [5, 5.41) is 8.30. The van der Waals surface area contributed by atoms with E-state index in [1.54, 1.807) is 0 Å². The molecule has 0 saturated carbocycles. The van der Waals surface area contributed by atoms with Crippen LogP contribution < -0.4 is 0 Å². The Bertz CT molecular complexity index is 200. The minimum absolute atomic E-state index is 0.740. The first-order valence-electron chi connectivity index (χ1n) is 2.23. The molecule has 1 nitrogen and oxygen atoms in total. The summed E-state index contributed by atoms with van der Waals surface area (Å²) in [5.74, 6) is 3.89. The summed E-state index contributed by atoms with van der Waals surface area (Å²) in [4.78, 5) is 0. The average Bonchev–Trinajstić information content (AvgIpc) is 1.90. The Hall–Kier alpha value is -0.860. The van der Waals surface area contributed by atoms with E-state index in [-0.39, 0.29) is 0 Å². The van der Waals surface area contributed by atoms with Crippen molar-refractivity contribution in [3.8, 4) is 6.07 Å². The summed E-state index contributed by atoms with van der Waals surface area (Å²) in [5.41, 5.74) is 0.740. The third-order valence-electron chi connectivity index (χ3n) is 0.809. The van der Waals surface area contributed by atoms with Crippen molar-refractivity contribution in [2.75, 3.05) is 0 Å². The highest BCUT2D eigenvalue weighted by molar-refractivity contribution is 7.28. The van der Waals surface area contributed by atoms with Gasteiger partial charge in [-0.05, 0) is 23.7 Å². The van der Waals surface area contributed by atoms with Crippen molar-refractivity contribution in [3.63, 3.8) is 0 Å². The Kier molecular flexibility index (Phi) is 1.62. The molecule has 2 heteroatoms. The van der Waals surface area contributed by atoms with E-state index in [2.05, 4.69) is 0 Å². The van der Waals surface area contributed by atoms with E-state index in [9.17, 15) is 0 Å². The van der Waals surface area contributed by atoms with E-state index in [0.29, 0.717) is 0 Å². The quantitative estimate of drug-likeness (QED) is 0.515. The van der Waals surface area contributed by atoms with Crippen molar-refractivity contribution < 1.29 is 0 Å². The molecule has 8 heavy (non-hydrogen) atoms. The van der Waals surface area contributed by atoms with Crippen molar-refractivity contribution in [2.24, 2.45) is 0 Å². The maximum atomic E-state index is 8.30. The normalized spacial score (nSPS) is 7.88. The van der Waals surface area contributed by atoms with Crippen LogP contribution in [0.25, 0.3) is 0 Å². The van der Waals surface area contributed by atoms with E-state index in [0.717, 1.165) is 5.56 Å². The Morgan fingerprint density at radius 3 is 2.38 bits per heavy atom. The van der Waals surface area contributed by atoms with Crippen LogP contribution in [0.1, 0.15) is 5.56 Å². The minimum Gasteiger partial charge on any atom is -0.192 e. The Morgan fingerprint density at radius 1 is 1.38 bits per heavy atom. The summed E-state index contributed by atoms with van der Waals surface area (Å²) in [6, 6.07) is 5.68. The van der Waals surface area contributed by atoms with Crippen LogP contribution in [-0.2, 0) is 0 Å². The van der Waals surface area contributed by atoms with Gasteiger partial charge in [-0.1, -0.05) is 8.19 Å². The smallest absolute Gasteiger partial charge is 0.0991 e. The molecule has 0 aliphatic carbocycles. The van der Waals surface area contributed by atoms with Crippen LogP contribution in [-0.4, -0.2) is 0 Å². The molecule has 0 unspecified atom stereocenters. The van der Waals surface area contributed by atoms with E-state index >= 15 is 0 Å². The summed E-state index contributed by atoms with van der Waals surface area (Å²) in [7, 11) is 1.17. The summed E-state index contributed by atoms with van der Waals surface area (Å²) in [6.45, 7) is 0. The van der Waals surface area contributed by atoms with Gasteiger partial charge in [-0.25, -0.2) is 0 Å². The summed E-state index contributed by atoms with van der Waals surface area (Å²) < 4.78 is 0. The third-order valence-corrected chi connectivity index (χ3v) is 1.45. The standard InChI is InChI=1S/C6H4NP/c7-5-6-1-3-8-4-2-6/h1-4H. The van der Waals surface area contributed by atoms with Crippen molar-refractivity contribution in [2.45, 2.75) is 0 Å². The highest BCUT2D eigenvalue weighted by Crippen LogP contribution is 2.04. The van der Waals surface area contributed by atoms with E-state index in [1.165, 1.54) is 8.19 Å². The minimum atomic E-state index is 0.740. The maximum Gasteiger partial charge on any atom is 0.0991 e. The molecule has 38 valence electrons. The van der Waals surface area contributed by atoms with Gasteiger partial charge in [0, 0.05) is 0 Å². The van der Waals surface area contributed by atoms with Gasteiger partial charge in [0.25, 0.3) is 0 Å². The Balaban J connectivity index is 3.05. The van der Waals surface area contributed by atoms with Crippen LogP contribution in [0.15, 0.2) is 23.7 Å². The van der Waals surface area contributed by atoms with Crippen molar-refractivity contribution in [3.05, 3.63) is 29.3 Å². The molecule has 1 aromatic rings. The first kappa shape index (κ1) is 5.28. The highest BCUT2D eigenvalue weighted by Gasteiger charge is 1.80. The fraction of sp³-hybridized carbons (Fsp3) is 0. The molecule has 1 aromatic heterocycles. The second-order valence-electron chi connectivity index (χ2n) is 1.35. The van der Waals surface area contributed by atoms with Gasteiger partial charge in [-0.2, -0.15) is 5.26 Å². The first-order chi connectivity index (χ1) is 3.93. The average molecular weight is 121 g/mol. The molecular formula is C6H4NP. The molecule has 0 bridgehead atoms. The molecule has 0 aromatic carbocycles. The van der Waals surface area contributed by atoms with Crippen LogP contribution in [0.5, 0.6) is 0 Å². The maximum absolute atomic E-state index is 8.30.